The molecule has 0 atom stereocenters. The number of ether oxygens (including phenoxy) is 1. The van der Waals surface area contributed by atoms with Crippen LogP contribution in [0.3, 0.4) is 0 Å². The Morgan fingerprint density at radius 3 is 2.19 bits per heavy atom. The molecule has 162 valence electrons. The largest absolute Gasteiger partial charge is 0.497 e. The van der Waals surface area contributed by atoms with Gasteiger partial charge in [0.15, 0.2) is 0 Å². The fourth-order valence-electron chi connectivity index (χ4n) is 3.53. The van der Waals surface area contributed by atoms with Crippen molar-refractivity contribution in [1.82, 2.24) is 0 Å². The monoisotopic (exact) mass is 466 g/mol. The Labute approximate surface area is 196 Å². The number of aryl methyl sites for hydroxylation is 2. The molecule has 1 N–H and O–H groups in total. The fourth-order valence-corrected chi connectivity index (χ4v) is 3.93. The van der Waals surface area contributed by atoms with Gasteiger partial charge in [-0.1, -0.05) is 41.4 Å². The first kappa shape index (κ1) is 21.9. The molecule has 0 saturated heterocycles. The normalized spacial score (nSPS) is 13.7. The maximum Gasteiger partial charge on any atom is 0.282 e. The highest BCUT2D eigenvalue weighted by Crippen LogP contribution is 2.36. The first-order chi connectivity index (χ1) is 15.3. The first-order valence-corrected chi connectivity index (χ1v) is 10.6. The van der Waals surface area contributed by atoms with Crippen LogP contribution < -0.4 is 15.0 Å². The van der Waals surface area contributed by atoms with Crippen molar-refractivity contribution in [1.29, 1.82) is 0 Å². The molecular formula is C25H20Cl2N2O3. The second-order valence-electron chi connectivity index (χ2n) is 7.44. The standard InChI is InChI=1S/C25H20Cl2N2O3/c1-14-4-8-18(13-20(14)27)29-24(30)22(16-5-9-19(32-3)10-6-16)23(25(29)31)28-21-11-7-17(26)12-15(21)2/h4-13,28H,1-3H3. The number of hydrogen-bond acceptors (Lipinski definition) is 4. The quantitative estimate of drug-likeness (QED) is 0.467. The Morgan fingerprint density at radius 1 is 0.844 bits per heavy atom. The van der Waals surface area contributed by atoms with E-state index in [-0.39, 0.29) is 11.3 Å². The fraction of sp³-hybridized carbons (Fsp3) is 0.120. The van der Waals surface area contributed by atoms with Crippen LogP contribution in [0.4, 0.5) is 11.4 Å². The summed E-state index contributed by atoms with van der Waals surface area (Å²) in [7, 11) is 1.57. The summed E-state index contributed by atoms with van der Waals surface area (Å²) in [6, 6.07) is 17.4. The smallest absolute Gasteiger partial charge is 0.282 e. The van der Waals surface area contributed by atoms with Gasteiger partial charge in [0, 0.05) is 15.7 Å². The van der Waals surface area contributed by atoms with E-state index >= 15 is 0 Å². The number of hydrogen-bond donors (Lipinski definition) is 1. The van der Waals surface area contributed by atoms with Gasteiger partial charge in [0.1, 0.15) is 11.4 Å². The van der Waals surface area contributed by atoms with Crippen LogP contribution in [0.25, 0.3) is 5.57 Å². The number of nitrogens with zero attached hydrogens (tertiary/aromatic N) is 1. The molecular weight excluding hydrogens is 447 g/mol. The van der Waals surface area contributed by atoms with Gasteiger partial charge < -0.3 is 10.1 Å². The van der Waals surface area contributed by atoms with Crippen LogP contribution in [-0.4, -0.2) is 18.9 Å². The Morgan fingerprint density at radius 2 is 1.56 bits per heavy atom. The second-order valence-corrected chi connectivity index (χ2v) is 8.29. The Bertz CT molecular complexity index is 1270. The molecule has 0 radical (unpaired) electrons. The van der Waals surface area contributed by atoms with E-state index in [1.807, 2.05) is 13.8 Å². The predicted octanol–water partition coefficient (Wildman–Crippen LogP) is 6.02. The lowest BCUT2D eigenvalue weighted by Crippen LogP contribution is -2.32. The van der Waals surface area contributed by atoms with Crippen molar-refractivity contribution in [2.24, 2.45) is 0 Å². The molecule has 0 fully saturated rings. The number of carbonyl (C=O) groups is 2. The second kappa shape index (κ2) is 8.69. The van der Waals surface area contributed by atoms with Crippen LogP contribution in [-0.2, 0) is 9.59 Å². The van der Waals surface area contributed by atoms with Crippen LogP contribution in [0.1, 0.15) is 16.7 Å². The molecule has 1 heterocycles. The summed E-state index contributed by atoms with van der Waals surface area (Å²) in [5, 5.41) is 4.23. The SMILES string of the molecule is COc1ccc(C2=C(Nc3ccc(Cl)cc3C)C(=O)N(c3ccc(C)c(Cl)c3)C2=O)cc1. The van der Waals surface area contributed by atoms with Gasteiger partial charge in [0.2, 0.25) is 0 Å². The van der Waals surface area contributed by atoms with Gasteiger partial charge in [-0.2, -0.15) is 0 Å². The minimum absolute atomic E-state index is 0.183. The van der Waals surface area contributed by atoms with Gasteiger partial charge in [0.25, 0.3) is 11.8 Å². The average Bonchev–Trinajstić information content (AvgIpc) is 3.01. The molecule has 32 heavy (non-hydrogen) atoms. The lowest BCUT2D eigenvalue weighted by Gasteiger charge is -2.16. The third kappa shape index (κ3) is 3.97. The van der Waals surface area contributed by atoms with E-state index in [4.69, 9.17) is 27.9 Å². The lowest BCUT2D eigenvalue weighted by molar-refractivity contribution is -0.120. The van der Waals surface area contributed by atoms with Crippen molar-refractivity contribution >= 4 is 52.0 Å². The molecule has 3 aromatic rings. The molecule has 0 aromatic heterocycles. The molecule has 5 nitrogen and oxygen atoms in total. The Balaban J connectivity index is 1.83. The van der Waals surface area contributed by atoms with Gasteiger partial charge in [-0.3, -0.25) is 9.59 Å². The summed E-state index contributed by atoms with van der Waals surface area (Å²) in [6.45, 7) is 3.73. The maximum atomic E-state index is 13.5. The first-order valence-electron chi connectivity index (χ1n) is 9.87. The summed E-state index contributed by atoms with van der Waals surface area (Å²) < 4.78 is 5.22. The number of carbonyl (C=O) groups excluding carboxylic acids is 2. The Hall–Kier alpha value is -3.28. The van der Waals surface area contributed by atoms with E-state index in [1.165, 1.54) is 0 Å². The minimum Gasteiger partial charge on any atom is -0.497 e. The molecule has 1 aliphatic heterocycles. The van der Waals surface area contributed by atoms with Gasteiger partial charge >= 0.3 is 0 Å². The molecule has 0 spiro atoms. The number of methoxy groups -OCH3 is 1. The molecule has 4 rings (SSSR count). The number of rotatable bonds is 5. The number of halogens is 2. The summed E-state index contributed by atoms with van der Waals surface area (Å²) in [5.41, 5.74) is 3.83. The molecule has 0 saturated carbocycles. The van der Waals surface area contributed by atoms with Crippen LogP contribution >= 0.6 is 23.2 Å². The van der Waals surface area contributed by atoms with E-state index in [0.717, 1.165) is 16.0 Å². The maximum absolute atomic E-state index is 13.5. The minimum atomic E-state index is -0.463. The Kier molecular flexibility index (Phi) is 5.96. The highest BCUT2D eigenvalue weighted by atomic mass is 35.5. The van der Waals surface area contributed by atoms with Gasteiger partial charge in [-0.25, -0.2) is 4.90 Å². The van der Waals surface area contributed by atoms with E-state index in [9.17, 15) is 9.59 Å². The van der Waals surface area contributed by atoms with Crippen LogP contribution in [0.15, 0.2) is 66.4 Å². The molecule has 0 bridgehead atoms. The van der Waals surface area contributed by atoms with Crippen molar-refractivity contribution in [3.8, 4) is 5.75 Å². The van der Waals surface area contributed by atoms with Crippen molar-refractivity contribution in [2.75, 3.05) is 17.3 Å². The van der Waals surface area contributed by atoms with Crippen molar-refractivity contribution in [3.05, 3.63) is 93.1 Å². The molecule has 2 amide bonds. The van der Waals surface area contributed by atoms with Crippen molar-refractivity contribution in [3.63, 3.8) is 0 Å². The van der Waals surface area contributed by atoms with Crippen LogP contribution in [0.2, 0.25) is 10.0 Å². The lowest BCUT2D eigenvalue weighted by atomic mass is 10.0. The third-order valence-electron chi connectivity index (χ3n) is 5.32. The molecule has 0 aliphatic carbocycles. The molecule has 7 heteroatoms. The molecule has 1 aliphatic rings. The number of benzene rings is 3. The topological polar surface area (TPSA) is 58.6 Å². The van der Waals surface area contributed by atoms with Crippen molar-refractivity contribution in [2.45, 2.75) is 13.8 Å². The summed E-state index contributed by atoms with van der Waals surface area (Å²) in [4.78, 5) is 28.1. The van der Waals surface area contributed by atoms with Gasteiger partial charge in [-0.15, -0.1) is 0 Å². The van der Waals surface area contributed by atoms with E-state index in [1.54, 1.807) is 67.8 Å². The van der Waals surface area contributed by atoms with E-state index < -0.39 is 11.8 Å². The number of imide groups is 1. The number of amides is 2. The highest BCUT2D eigenvalue weighted by Gasteiger charge is 2.40. The van der Waals surface area contributed by atoms with Crippen LogP contribution in [0, 0.1) is 13.8 Å². The van der Waals surface area contributed by atoms with Gasteiger partial charge in [-0.05, 0) is 73.0 Å². The zero-order valence-electron chi connectivity index (χ0n) is 17.7. The molecule has 3 aromatic carbocycles. The third-order valence-corrected chi connectivity index (χ3v) is 5.97. The van der Waals surface area contributed by atoms with E-state index in [2.05, 4.69) is 5.32 Å². The zero-order valence-corrected chi connectivity index (χ0v) is 19.2. The summed E-state index contributed by atoms with van der Waals surface area (Å²) >= 11 is 12.3. The number of nitrogens with one attached hydrogen (secondary N) is 1. The van der Waals surface area contributed by atoms with Crippen molar-refractivity contribution < 1.29 is 14.3 Å². The van der Waals surface area contributed by atoms with E-state index in [0.29, 0.717) is 32.7 Å². The van der Waals surface area contributed by atoms with Crippen LogP contribution in [0.5, 0.6) is 5.75 Å². The zero-order chi connectivity index (χ0) is 23.0. The molecule has 0 unspecified atom stereocenters. The van der Waals surface area contributed by atoms with Gasteiger partial charge in [0.05, 0.1) is 18.4 Å². The predicted molar refractivity (Wildman–Crippen MR) is 128 cm³/mol. The highest BCUT2D eigenvalue weighted by molar-refractivity contribution is 6.46. The summed E-state index contributed by atoms with van der Waals surface area (Å²) in [5.74, 6) is -0.249. The summed E-state index contributed by atoms with van der Waals surface area (Å²) in [6.07, 6.45) is 0. The number of anilines is 2. The average molecular weight is 467 g/mol.